The van der Waals surface area contributed by atoms with Crippen LogP contribution in [0.5, 0.6) is 0 Å². The number of hydrogen-bond donors (Lipinski definition) is 0. The van der Waals surface area contributed by atoms with Crippen molar-refractivity contribution in [2.45, 2.75) is 19.8 Å². The van der Waals surface area contributed by atoms with Crippen LogP contribution in [0, 0.1) is 0 Å². The summed E-state index contributed by atoms with van der Waals surface area (Å²) in [7, 11) is 0. The Kier molecular flexibility index (Phi) is 3.29. The number of rotatable bonds is 3. The molecule has 0 saturated heterocycles. The van der Waals surface area contributed by atoms with Gasteiger partial charge < -0.3 is 0 Å². The maximum Gasteiger partial charge on any atom is 0.156 e. The van der Waals surface area contributed by atoms with Gasteiger partial charge in [0.05, 0.1) is 5.69 Å². The first kappa shape index (κ1) is 12.3. The number of fused-ring (bicyclic) bond motifs is 1. The highest BCUT2D eigenvalue weighted by Crippen LogP contribution is 2.22. The Morgan fingerprint density at radius 1 is 1.11 bits per heavy atom. The highest BCUT2D eigenvalue weighted by Gasteiger charge is 2.07. The SMILES string of the molecule is CCCc1nnnn1-c1ccc2cc(Br)ccc2c1. The monoisotopic (exact) mass is 316 g/mol. The Bertz CT molecular complexity index is 720. The fourth-order valence-corrected chi connectivity index (χ4v) is 2.50. The molecule has 0 saturated carbocycles. The van der Waals surface area contributed by atoms with Crippen LogP contribution in [0.2, 0.25) is 0 Å². The van der Waals surface area contributed by atoms with E-state index in [2.05, 4.69) is 62.6 Å². The van der Waals surface area contributed by atoms with E-state index in [9.17, 15) is 0 Å². The minimum Gasteiger partial charge on any atom is -0.197 e. The van der Waals surface area contributed by atoms with Crippen molar-refractivity contribution in [1.29, 1.82) is 0 Å². The lowest BCUT2D eigenvalue weighted by atomic mass is 10.1. The molecule has 0 aliphatic rings. The first-order chi connectivity index (χ1) is 9.28. The minimum absolute atomic E-state index is 0.880. The number of benzene rings is 2. The first-order valence-corrected chi connectivity index (χ1v) is 7.04. The minimum atomic E-state index is 0.880. The van der Waals surface area contributed by atoms with Gasteiger partial charge in [-0.25, -0.2) is 0 Å². The summed E-state index contributed by atoms with van der Waals surface area (Å²) >= 11 is 3.48. The largest absolute Gasteiger partial charge is 0.197 e. The van der Waals surface area contributed by atoms with Gasteiger partial charge in [0.1, 0.15) is 0 Å². The van der Waals surface area contributed by atoms with Crippen LogP contribution in [0.4, 0.5) is 0 Å². The van der Waals surface area contributed by atoms with E-state index in [-0.39, 0.29) is 0 Å². The van der Waals surface area contributed by atoms with Crippen LogP contribution in [-0.2, 0) is 6.42 Å². The molecule has 0 radical (unpaired) electrons. The predicted molar refractivity (Wildman–Crippen MR) is 78.4 cm³/mol. The summed E-state index contributed by atoms with van der Waals surface area (Å²) in [4.78, 5) is 0. The smallest absolute Gasteiger partial charge is 0.156 e. The van der Waals surface area contributed by atoms with Crippen molar-refractivity contribution in [3.05, 3.63) is 46.7 Å². The summed E-state index contributed by atoms with van der Waals surface area (Å²) in [5.41, 5.74) is 1.00. The molecule has 3 aromatic rings. The van der Waals surface area contributed by atoms with Crippen molar-refractivity contribution in [1.82, 2.24) is 20.2 Å². The number of halogens is 1. The lowest BCUT2D eigenvalue weighted by Gasteiger charge is -2.05. The molecule has 4 nitrogen and oxygen atoms in total. The van der Waals surface area contributed by atoms with Gasteiger partial charge in [-0.05, 0) is 51.9 Å². The molecule has 0 N–H and O–H groups in total. The maximum atomic E-state index is 4.08. The zero-order valence-corrected chi connectivity index (χ0v) is 12.1. The molecule has 0 bridgehead atoms. The van der Waals surface area contributed by atoms with E-state index in [0.29, 0.717) is 0 Å². The van der Waals surface area contributed by atoms with Gasteiger partial charge in [0.25, 0.3) is 0 Å². The van der Waals surface area contributed by atoms with Crippen LogP contribution >= 0.6 is 15.9 Å². The molecule has 0 atom stereocenters. The number of aromatic nitrogens is 4. The zero-order valence-electron chi connectivity index (χ0n) is 10.5. The van der Waals surface area contributed by atoms with E-state index in [1.54, 1.807) is 0 Å². The molecule has 0 amide bonds. The molecule has 5 heteroatoms. The Labute approximate surface area is 119 Å². The Morgan fingerprint density at radius 3 is 2.74 bits per heavy atom. The maximum absolute atomic E-state index is 4.08. The van der Waals surface area contributed by atoms with Crippen molar-refractivity contribution in [3.63, 3.8) is 0 Å². The Morgan fingerprint density at radius 2 is 1.89 bits per heavy atom. The lowest BCUT2D eigenvalue weighted by Crippen LogP contribution is -2.02. The Balaban J connectivity index is 2.10. The second-order valence-electron chi connectivity index (χ2n) is 4.43. The van der Waals surface area contributed by atoms with Crippen molar-refractivity contribution >= 4 is 26.7 Å². The summed E-state index contributed by atoms with van der Waals surface area (Å²) in [5, 5.41) is 14.3. The molecule has 0 aliphatic heterocycles. The summed E-state index contributed by atoms with van der Waals surface area (Å²) in [6.07, 6.45) is 1.91. The van der Waals surface area contributed by atoms with Gasteiger partial charge in [-0.1, -0.05) is 35.0 Å². The second-order valence-corrected chi connectivity index (χ2v) is 5.35. The van der Waals surface area contributed by atoms with Crippen molar-refractivity contribution in [2.75, 3.05) is 0 Å². The fourth-order valence-electron chi connectivity index (χ4n) is 2.12. The quantitative estimate of drug-likeness (QED) is 0.742. The predicted octanol–water partition coefficient (Wildman–Crippen LogP) is 3.53. The van der Waals surface area contributed by atoms with Crippen LogP contribution in [0.25, 0.3) is 16.5 Å². The number of aryl methyl sites for hydroxylation is 1. The molecule has 0 unspecified atom stereocenters. The first-order valence-electron chi connectivity index (χ1n) is 6.25. The molecule has 3 rings (SSSR count). The average Bonchev–Trinajstić information content (AvgIpc) is 2.87. The average molecular weight is 317 g/mol. The lowest BCUT2D eigenvalue weighted by molar-refractivity contribution is 0.746. The molecule has 96 valence electrons. The van der Waals surface area contributed by atoms with E-state index in [1.165, 1.54) is 10.8 Å². The van der Waals surface area contributed by atoms with Crippen molar-refractivity contribution < 1.29 is 0 Å². The van der Waals surface area contributed by atoms with E-state index in [0.717, 1.165) is 28.8 Å². The van der Waals surface area contributed by atoms with Gasteiger partial charge in [-0.15, -0.1) is 5.10 Å². The van der Waals surface area contributed by atoms with E-state index in [1.807, 2.05) is 16.8 Å². The van der Waals surface area contributed by atoms with E-state index in [4.69, 9.17) is 0 Å². The molecule has 1 aromatic heterocycles. The topological polar surface area (TPSA) is 43.6 Å². The molecule has 0 spiro atoms. The van der Waals surface area contributed by atoms with Crippen LogP contribution in [0.1, 0.15) is 19.2 Å². The fraction of sp³-hybridized carbons (Fsp3) is 0.214. The highest BCUT2D eigenvalue weighted by atomic mass is 79.9. The van der Waals surface area contributed by atoms with Crippen LogP contribution in [0.3, 0.4) is 0 Å². The van der Waals surface area contributed by atoms with Crippen LogP contribution in [0.15, 0.2) is 40.9 Å². The van der Waals surface area contributed by atoms with Gasteiger partial charge >= 0.3 is 0 Å². The standard InChI is InChI=1S/C14H13BrN4/c1-2-3-14-16-17-18-19(14)13-7-5-10-8-12(15)6-4-11(10)9-13/h4-9H,2-3H2,1H3. The molecule has 1 heterocycles. The molecular formula is C14H13BrN4. The van der Waals surface area contributed by atoms with Gasteiger partial charge in [-0.3, -0.25) is 0 Å². The number of nitrogens with zero attached hydrogens (tertiary/aromatic N) is 4. The highest BCUT2D eigenvalue weighted by molar-refractivity contribution is 9.10. The molecule has 0 fully saturated rings. The second kappa shape index (κ2) is 5.09. The van der Waals surface area contributed by atoms with Gasteiger partial charge in [0.15, 0.2) is 5.82 Å². The molecule has 2 aromatic carbocycles. The molecule has 19 heavy (non-hydrogen) atoms. The van der Waals surface area contributed by atoms with Gasteiger partial charge in [0, 0.05) is 10.9 Å². The van der Waals surface area contributed by atoms with E-state index >= 15 is 0 Å². The normalized spacial score (nSPS) is 11.1. The zero-order chi connectivity index (χ0) is 13.2. The van der Waals surface area contributed by atoms with Gasteiger partial charge in [-0.2, -0.15) is 4.68 Å². The third kappa shape index (κ3) is 2.38. The third-order valence-electron chi connectivity index (χ3n) is 3.04. The third-order valence-corrected chi connectivity index (χ3v) is 3.53. The van der Waals surface area contributed by atoms with Crippen molar-refractivity contribution in [3.8, 4) is 5.69 Å². The number of hydrogen-bond acceptors (Lipinski definition) is 3. The van der Waals surface area contributed by atoms with E-state index < -0.39 is 0 Å². The van der Waals surface area contributed by atoms with Crippen molar-refractivity contribution in [2.24, 2.45) is 0 Å². The molecule has 0 aliphatic carbocycles. The summed E-state index contributed by atoms with van der Waals surface area (Å²) in [6.45, 7) is 2.12. The Hall–Kier alpha value is -1.75. The van der Waals surface area contributed by atoms with Crippen LogP contribution in [-0.4, -0.2) is 20.2 Å². The van der Waals surface area contributed by atoms with Gasteiger partial charge in [0.2, 0.25) is 0 Å². The number of tetrazole rings is 1. The summed E-state index contributed by atoms with van der Waals surface area (Å²) in [6, 6.07) is 12.5. The summed E-state index contributed by atoms with van der Waals surface area (Å²) in [5.74, 6) is 0.902. The van der Waals surface area contributed by atoms with Crippen LogP contribution < -0.4 is 0 Å². The summed E-state index contributed by atoms with van der Waals surface area (Å²) < 4.78 is 2.90. The molecular weight excluding hydrogens is 304 g/mol.